The van der Waals surface area contributed by atoms with Crippen LogP contribution in [0.5, 0.6) is 0 Å². The smallest absolute Gasteiger partial charge is 0.161 e. The predicted molar refractivity (Wildman–Crippen MR) is 96.0 cm³/mol. The average molecular weight is 467 g/mol. The van der Waals surface area contributed by atoms with Crippen molar-refractivity contribution < 1.29 is 0 Å². The monoisotopic (exact) mass is 465 g/mol. The van der Waals surface area contributed by atoms with Crippen molar-refractivity contribution in [2.24, 2.45) is 0 Å². The minimum Gasteiger partial charge on any atom is -0.383 e. The van der Waals surface area contributed by atoms with E-state index in [1.165, 1.54) is 0 Å². The third-order valence-corrected chi connectivity index (χ3v) is 5.06. The highest BCUT2D eigenvalue weighted by Crippen LogP contribution is 2.32. The van der Waals surface area contributed by atoms with Gasteiger partial charge in [0.1, 0.15) is 5.82 Å². The van der Waals surface area contributed by atoms with Crippen LogP contribution in [0.2, 0.25) is 5.02 Å². The van der Waals surface area contributed by atoms with Crippen LogP contribution in [0.25, 0.3) is 11.4 Å². The Balaban J connectivity index is 2.63. The number of nitrogens with zero attached hydrogens (tertiary/aromatic N) is 2. The van der Waals surface area contributed by atoms with Gasteiger partial charge < -0.3 is 5.73 Å². The first-order valence-corrected chi connectivity index (χ1v) is 8.24. The van der Waals surface area contributed by atoms with Gasteiger partial charge in [0.2, 0.25) is 0 Å². The fourth-order valence-corrected chi connectivity index (χ4v) is 3.20. The highest BCUT2D eigenvalue weighted by atomic mass is 127. The van der Waals surface area contributed by atoms with Gasteiger partial charge in [0.15, 0.2) is 5.82 Å². The van der Waals surface area contributed by atoms with E-state index in [1.54, 1.807) is 0 Å². The Hall–Kier alpha value is -0.400. The molecule has 0 spiro atoms. The number of hydrogen-bond acceptors (Lipinski definition) is 3. The molecule has 2 rings (SSSR count). The highest BCUT2D eigenvalue weighted by molar-refractivity contribution is 14.1. The molecule has 0 aliphatic rings. The van der Waals surface area contributed by atoms with Gasteiger partial charge in [-0.25, -0.2) is 9.97 Å². The molecule has 0 radical (unpaired) electrons. The lowest BCUT2D eigenvalue weighted by molar-refractivity contribution is 0.564. The standard InChI is InChI=1S/C14H14BrClIN3/c1-14(2,3)11-10(17)12(18)20-13(19-11)7-4-5-8(15)9(16)6-7/h4-6H,1-3H3,(H2,18,19,20). The van der Waals surface area contributed by atoms with Gasteiger partial charge in [0.05, 0.1) is 14.3 Å². The normalized spacial score (nSPS) is 11.7. The quantitative estimate of drug-likeness (QED) is 0.599. The second-order valence-corrected chi connectivity index (χ2v) is 7.81. The molecular weight excluding hydrogens is 452 g/mol. The van der Waals surface area contributed by atoms with E-state index in [1.807, 2.05) is 18.2 Å². The van der Waals surface area contributed by atoms with Crippen molar-refractivity contribution in [3.8, 4) is 11.4 Å². The summed E-state index contributed by atoms with van der Waals surface area (Å²) < 4.78 is 1.75. The van der Waals surface area contributed by atoms with Crippen molar-refractivity contribution in [2.75, 3.05) is 5.73 Å². The second-order valence-electron chi connectivity index (χ2n) is 5.47. The van der Waals surface area contributed by atoms with Crippen molar-refractivity contribution >= 4 is 55.9 Å². The Morgan fingerprint density at radius 1 is 1.25 bits per heavy atom. The van der Waals surface area contributed by atoms with Crippen LogP contribution >= 0.6 is 50.1 Å². The van der Waals surface area contributed by atoms with E-state index < -0.39 is 0 Å². The van der Waals surface area contributed by atoms with Crippen molar-refractivity contribution in [1.29, 1.82) is 0 Å². The summed E-state index contributed by atoms with van der Waals surface area (Å²) in [6, 6.07) is 5.63. The third kappa shape index (κ3) is 3.26. The fraction of sp³-hybridized carbons (Fsp3) is 0.286. The lowest BCUT2D eigenvalue weighted by atomic mass is 9.92. The summed E-state index contributed by atoms with van der Waals surface area (Å²) in [7, 11) is 0. The van der Waals surface area contributed by atoms with Crippen molar-refractivity contribution in [1.82, 2.24) is 9.97 Å². The molecule has 0 bridgehead atoms. The summed E-state index contributed by atoms with van der Waals surface area (Å²) in [5.74, 6) is 1.10. The molecule has 0 amide bonds. The molecule has 0 saturated heterocycles. The third-order valence-electron chi connectivity index (χ3n) is 2.77. The molecule has 6 heteroatoms. The van der Waals surface area contributed by atoms with Gasteiger partial charge >= 0.3 is 0 Å². The fourth-order valence-electron chi connectivity index (χ4n) is 1.73. The van der Waals surface area contributed by atoms with Gasteiger partial charge in [0, 0.05) is 15.5 Å². The molecule has 106 valence electrons. The van der Waals surface area contributed by atoms with Crippen LogP contribution in [0.4, 0.5) is 5.82 Å². The first-order chi connectivity index (χ1) is 9.20. The Bertz CT molecular complexity index is 668. The molecule has 1 heterocycles. The van der Waals surface area contributed by atoms with E-state index in [-0.39, 0.29) is 5.41 Å². The first-order valence-electron chi connectivity index (χ1n) is 5.99. The minimum absolute atomic E-state index is 0.0957. The van der Waals surface area contributed by atoms with E-state index in [9.17, 15) is 0 Å². The summed E-state index contributed by atoms with van der Waals surface area (Å²) in [5, 5.41) is 0.625. The van der Waals surface area contributed by atoms with E-state index >= 15 is 0 Å². The molecule has 2 aromatic rings. The molecule has 3 nitrogen and oxygen atoms in total. The predicted octanol–water partition coefficient (Wildman–Crippen LogP) is 5.04. The highest BCUT2D eigenvalue weighted by Gasteiger charge is 2.22. The zero-order chi connectivity index (χ0) is 15.1. The Labute approximate surface area is 145 Å². The SMILES string of the molecule is CC(C)(C)c1nc(-c2ccc(Br)c(Cl)c2)nc(N)c1I. The first kappa shape index (κ1) is 16.0. The molecular formula is C14H14BrClIN3. The van der Waals surface area contributed by atoms with Crippen LogP contribution in [-0.4, -0.2) is 9.97 Å². The Morgan fingerprint density at radius 3 is 2.45 bits per heavy atom. The zero-order valence-corrected chi connectivity index (χ0v) is 15.8. The van der Waals surface area contributed by atoms with E-state index in [4.69, 9.17) is 17.3 Å². The summed E-state index contributed by atoms with van der Waals surface area (Å²) >= 11 is 11.7. The molecule has 20 heavy (non-hydrogen) atoms. The molecule has 0 saturated carbocycles. The second kappa shape index (κ2) is 5.77. The molecule has 0 aliphatic heterocycles. The van der Waals surface area contributed by atoms with E-state index in [2.05, 4.69) is 69.3 Å². The summed E-state index contributed by atoms with van der Waals surface area (Å²) in [5.41, 5.74) is 7.72. The number of halogens is 3. The molecule has 1 aromatic heterocycles. The lowest BCUT2D eigenvalue weighted by Crippen LogP contribution is -2.18. The molecule has 0 atom stereocenters. The number of hydrogen-bond donors (Lipinski definition) is 1. The van der Waals surface area contributed by atoms with Crippen LogP contribution < -0.4 is 5.73 Å². The van der Waals surface area contributed by atoms with Gasteiger partial charge in [-0.05, 0) is 56.7 Å². The number of aromatic nitrogens is 2. The van der Waals surface area contributed by atoms with Crippen LogP contribution in [0, 0.1) is 3.57 Å². The van der Waals surface area contributed by atoms with Crippen LogP contribution in [0.1, 0.15) is 26.5 Å². The number of anilines is 1. The molecule has 0 fully saturated rings. The van der Waals surface area contributed by atoms with Crippen molar-refractivity contribution in [3.63, 3.8) is 0 Å². The number of rotatable bonds is 1. The molecule has 0 aliphatic carbocycles. The van der Waals surface area contributed by atoms with Crippen molar-refractivity contribution in [2.45, 2.75) is 26.2 Å². The molecule has 1 aromatic carbocycles. The topological polar surface area (TPSA) is 51.8 Å². The Kier molecular flexibility index (Phi) is 4.61. The summed E-state index contributed by atoms with van der Waals surface area (Å²) in [4.78, 5) is 9.05. The number of benzene rings is 1. The maximum atomic E-state index is 6.13. The van der Waals surface area contributed by atoms with Gasteiger partial charge in [-0.3, -0.25) is 0 Å². The van der Waals surface area contributed by atoms with Gasteiger partial charge in [0.25, 0.3) is 0 Å². The van der Waals surface area contributed by atoms with E-state index in [0.717, 1.165) is 19.3 Å². The maximum Gasteiger partial charge on any atom is 0.161 e. The largest absolute Gasteiger partial charge is 0.383 e. The number of nitrogen functional groups attached to an aromatic ring is 1. The van der Waals surface area contributed by atoms with Crippen molar-refractivity contribution in [3.05, 3.63) is 37.0 Å². The van der Waals surface area contributed by atoms with Gasteiger partial charge in [-0.15, -0.1) is 0 Å². The lowest BCUT2D eigenvalue weighted by Gasteiger charge is -2.21. The maximum absolute atomic E-state index is 6.13. The molecule has 2 N–H and O–H groups in total. The summed E-state index contributed by atoms with van der Waals surface area (Å²) in [6.45, 7) is 6.32. The average Bonchev–Trinajstić information content (AvgIpc) is 2.34. The number of nitrogens with two attached hydrogens (primary N) is 1. The minimum atomic E-state index is -0.0957. The Morgan fingerprint density at radius 2 is 1.90 bits per heavy atom. The summed E-state index contributed by atoms with van der Waals surface area (Å²) in [6.07, 6.45) is 0. The molecule has 0 unspecified atom stereocenters. The van der Waals surface area contributed by atoms with Crippen LogP contribution in [0.3, 0.4) is 0 Å². The van der Waals surface area contributed by atoms with Crippen LogP contribution in [0.15, 0.2) is 22.7 Å². The zero-order valence-electron chi connectivity index (χ0n) is 11.3. The van der Waals surface area contributed by atoms with Crippen LogP contribution in [-0.2, 0) is 5.41 Å². The van der Waals surface area contributed by atoms with Gasteiger partial charge in [-0.1, -0.05) is 32.4 Å². The van der Waals surface area contributed by atoms with E-state index in [0.29, 0.717) is 16.7 Å². The van der Waals surface area contributed by atoms with Gasteiger partial charge in [-0.2, -0.15) is 0 Å².